The summed E-state index contributed by atoms with van der Waals surface area (Å²) < 4.78 is 5.87. The summed E-state index contributed by atoms with van der Waals surface area (Å²) in [6.07, 6.45) is 7.29. The van der Waals surface area contributed by atoms with Gasteiger partial charge < -0.3 is 15.2 Å². The van der Waals surface area contributed by atoms with Gasteiger partial charge in [-0.3, -0.25) is 0 Å². The summed E-state index contributed by atoms with van der Waals surface area (Å²) in [6, 6.07) is -0.889. The van der Waals surface area contributed by atoms with Crippen LogP contribution in [-0.2, 0) is 9.53 Å². The summed E-state index contributed by atoms with van der Waals surface area (Å²) in [5.74, 6) is 1.54. The van der Waals surface area contributed by atoms with E-state index < -0.39 is 23.7 Å². The number of ether oxygens (including phenoxy) is 1. The van der Waals surface area contributed by atoms with Crippen molar-refractivity contribution in [2.75, 3.05) is 0 Å². The molecule has 142 valence electrons. The largest absolute Gasteiger partial charge is 0.480 e. The number of rotatable bonds is 6. The molecule has 0 saturated heterocycles. The predicted molar refractivity (Wildman–Crippen MR) is 95.2 cm³/mol. The molecule has 0 aromatic heterocycles. The Balaban J connectivity index is 1.66. The Kier molecular flexibility index (Phi) is 4.80. The van der Waals surface area contributed by atoms with Crippen LogP contribution in [0.3, 0.4) is 0 Å². The fourth-order valence-electron chi connectivity index (χ4n) is 6.05. The van der Waals surface area contributed by atoms with Crippen molar-refractivity contribution in [2.45, 2.75) is 84.3 Å². The molecule has 4 aliphatic carbocycles. The van der Waals surface area contributed by atoms with Crippen LogP contribution >= 0.6 is 0 Å². The van der Waals surface area contributed by atoms with E-state index >= 15 is 0 Å². The van der Waals surface area contributed by atoms with Crippen LogP contribution in [-0.4, -0.2) is 28.8 Å². The van der Waals surface area contributed by atoms with Crippen molar-refractivity contribution in [2.24, 2.45) is 29.1 Å². The normalized spacial score (nSPS) is 34.8. The highest BCUT2D eigenvalue weighted by atomic mass is 16.6. The van der Waals surface area contributed by atoms with Crippen LogP contribution in [0.1, 0.15) is 72.6 Å². The average molecular weight is 351 g/mol. The third-order valence-corrected chi connectivity index (χ3v) is 6.96. The van der Waals surface area contributed by atoms with Crippen LogP contribution in [0.2, 0.25) is 0 Å². The second-order valence-electron chi connectivity index (χ2n) is 9.76. The predicted octanol–water partition coefficient (Wildman–Crippen LogP) is 4.21. The van der Waals surface area contributed by atoms with E-state index in [1.54, 1.807) is 0 Å². The van der Waals surface area contributed by atoms with Gasteiger partial charge in [-0.05, 0) is 82.5 Å². The highest BCUT2D eigenvalue weighted by molar-refractivity contribution is 5.80. The first-order valence-corrected chi connectivity index (χ1v) is 9.82. The van der Waals surface area contributed by atoms with E-state index in [-0.39, 0.29) is 11.3 Å². The second-order valence-corrected chi connectivity index (χ2v) is 9.76. The summed E-state index contributed by atoms with van der Waals surface area (Å²) in [4.78, 5) is 23.8. The van der Waals surface area contributed by atoms with Crippen LogP contribution in [0.15, 0.2) is 0 Å². The van der Waals surface area contributed by atoms with E-state index in [0.29, 0.717) is 6.42 Å². The van der Waals surface area contributed by atoms with Gasteiger partial charge in [-0.15, -0.1) is 0 Å². The van der Waals surface area contributed by atoms with E-state index in [0.717, 1.165) is 37.0 Å². The molecule has 0 heterocycles. The molecule has 4 saturated carbocycles. The first kappa shape index (κ1) is 18.5. The maximum Gasteiger partial charge on any atom is 0.408 e. The molecule has 4 aliphatic rings. The van der Waals surface area contributed by atoms with Crippen LogP contribution in [0, 0.1) is 29.1 Å². The summed E-state index contributed by atoms with van der Waals surface area (Å²) in [6.45, 7) is 7.94. The molecule has 0 unspecified atom stereocenters. The van der Waals surface area contributed by atoms with Crippen LogP contribution < -0.4 is 5.32 Å². The minimum absolute atomic E-state index is 0.0653. The number of carbonyl (C=O) groups excluding carboxylic acids is 1. The Morgan fingerprint density at radius 2 is 1.60 bits per heavy atom. The molecule has 4 bridgehead atoms. The van der Waals surface area contributed by atoms with Gasteiger partial charge in [0.15, 0.2) is 0 Å². The van der Waals surface area contributed by atoms with Gasteiger partial charge in [0.1, 0.15) is 11.6 Å². The molecule has 5 nitrogen and oxygen atoms in total. The van der Waals surface area contributed by atoms with Crippen molar-refractivity contribution >= 4 is 12.1 Å². The Labute approximate surface area is 150 Å². The molecule has 0 spiro atoms. The quantitative estimate of drug-likeness (QED) is 0.752. The number of nitrogens with one attached hydrogen (secondary N) is 1. The fourth-order valence-corrected chi connectivity index (χ4v) is 6.05. The highest BCUT2D eigenvalue weighted by Crippen LogP contribution is 2.64. The number of amides is 1. The third kappa shape index (κ3) is 3.65. The Morgan fingerprint density at radius 1 is 1.12 bits per heavy atom. The molecular weight excluding hydrogens is 318 g/mol. The molecule has 0 aliphatic heterocycles. The van der Waals surface area contributed by atoms with Crippen molar-refractivity contribution in [1.82, 2.24) is 5.32 Å². The number of carboxylic acid groups (broad SMARTS) is 1. The summed E-state index contributed by atoms with van der Waals surface area (Å²) in [5.41, 5.74) is -0.496. The molecule has 0 aromatic rings. The maximum absolute atomic E-state index is 12.5. The monoisotopic (exact) mass is 351 g/mol. The lowest BCUT2D eigenvalue weighted by Gasteiger charge is -2.61. The molecule has 0 radical (unpaired) electrons. The Morgan fingerprint density at radius 3 is 2.00 bits per heavy atom. The zero-order valence-electron chi connectivity index (χ0n) is 16.0. The van der Waals surface area contributed by atoms with Crippen LogP contribution in [0.4, 0.5) is 4.79 Å². The maximum atomic E-state index is 12.5. The lowest BCUT2D eigenvalue weighted by molar-refractivity contribution is -0.163. The molecule has 25 heavy (non-hydrogen) atoms. The summed E-state index contributed by atoms with van der Waals surface area (Å²) in [5, 5.41) is 11.9. The van der Waals surface area contributed by atoms with E-state index in [4.69, 9.17) is 4.74 Å². The molecule has 5 heteroatoms. The second kappa shape index (κ2) is 6.48. The lowest BCUT2D eigenvalue weighted by atomic mass is 9.46. The number of hydrogen-bond donors (Lipinski definition) is 2. The molecule has 4 fully saturated rings. The summed E-state index contributed by atoms with van der Waals surface area (Å²) in [7, 11) is 0. The van der Waals surface area contributed by atoms with Crippen LogP contribution in [0.5, 0.6) is 0 Å². The van der Waals surface area contributed by atoms with Crippen molar-refractivity contribution in [1.29, 1.82) is 0 Å². The highest BCUT2D eigenvalue weighted by Gasteiger charge is 2.58. The van der Waals surface area contributed by atoms with E-state index in [9.17, 15) is 14.7 Å². The van der Waals surface area contributed by atoms with Crippen molar-refractivity contribution in [3.05, 3.63) is 0 Å². The minimum Gasteiger partial charge on any atom is -0.480 e. The van der Waals surface area contributed by atoms with Gasteiger partial charge in [-0.1, -0.05) is 13.8 Å². The van der Waals surface area contributed by atoms with Gasteiger partial charge in [0.2, 0.25) is 0 Å². The van der Waals surface area contributed by atoms with Gasteiger partial charge in [0.05, 0.1) is 0 Å². The van der Waals surface area contributed by atoms with Gasteiger partial charge in [0.25, 0.3) is 0 Å². The molecular formula is C20H33NO4. The number of carboxylic acids is 1. The van der Waals surface area contributed by atoms with Gasteiger partial charge in [-0.25, -0.2) is 9.59 Å². The smallest absolute Gasteiger partial charge is 0.408 e. The van der Waals surface area contributed by atoms with Crippen LogP contribution in [0.25, 0.3) is 0 Å². The van der Waals surface area contributed by atoms with Gasteiger partial charge in [-0.2, -0.15) is 0 Å². The van der Waals surface area contributed by atoms with E-state index in [2.05, 4.69) is 5.32 Å². The third-order valence-electron chi connectivity index (χ3n) is 6.96. The minimum atomic E-state index is -1.00. The zero-order valence-corrected chi connectivity index (χ0v) is 16.0. The Hall–Kier alpha value is -1.26. The number of alkyl carbamates (subject to hydrolysis) is 1. The topological polar surface area (TPSA) is 75.6 Å². The van der Waals surface area contributed by atoms with Crippen molar-refractivity contribution < 1.29 is 19.4 Å². The first-order chi connectivity index (χ1) is 11.6. The number of hydrogen-bond acceptors (Lipinski definition) is 3. The molecule has 2 N–H and O–H groups in total. The molecule has 1 amide bonds. The van der Waals surface area contributed by atoms with Crippen molar-refractivity contribution in [3.8, 4) is 0 Å². The van der Waals surface area contributed by atoms with Gasteiger partial charge >= 0.3 is 12.1 Å². The average Bonchev–Trinajstić information content (AvgIpc) is 2.43. The number of aliphatic carboxylic acids is 1. The first-order valence-electron chi connectivity index (χ1n) is 9.82. The zero-order chi connectivity index (χ0) is 18.4. The summed E-state index contributed by atoms with van der Waals surface area (Å²) >= 11 is 0. The fraction of sp³-hybridized carbons (Fsp3) is 0.900. The van der Waals surface area contributed by atoms with Gasteiger partial charge in [0, 0.05) is 5.41 Å². The van der Waals surface area contributed by atoms with E-state index in [1.807, 2.05) is 27.7 Å². The lowest BCUT2D eigenvalue weighted by Crippen LogP contribution is -2.58. The molecule has 0 aromatic carbocycles. The molecule has 1 atom stereocenters. The van der Waals surface area contributed by atoms with Crippen molar-refractivity contribution in [3.63, 3.8) is 0 Å². The number of carbonyl (C=O) groups is 2. The standard InChI is InChI=1S/C20H33NO4/c1-12(2)5-16(17(22)23)21-18(24)25-19(3,4)20-9-13-6-14(10-20)8-15(7-13)11-20/h12-16H,5-11H2,1-4H3,(H,21,24)(H,22,23)/t13?,14?,15?,16-,20?/m0/s1. The Bertz CT molecular complexity index is 505. The SMILES string of the molecule is CC(C)C[C@H](NC(=O)OC(C)(C)C12CC3CC(CC(C3)C1)C2)C(=O)O. The van der Waals surface area contributed by atoms with E-state index in [1.165, 1.54) is 19.3 Å². The molecule has 4 rings (SSSR count).